The summed E-state index contributed by atoms with van der Waals surface area (Å²) in [5, 5.41) is 26.6. The number of anilines is 3. The second-order valence-corrected chi connectivity index (χ2v) is 23.6. The Labute approximate surface area is 520 Å². The van der Waals surface area contributed by atoms with Crippen LogP contribution in [0.5, 0.6) is 0 Å². The van der Waals surface area contributed by atoms with E-state index in [-0.39, 0.29) is 122 Å². The van der Waals surface area contributed by atoms with Crippen molar-refractivity contribution in [2.24, 2.45) is 5.41 Å². The van der Waals surface area contributed by atoms with Gasteiger partial charge in [0.05, 0.1) is 0 Å². The fourth-order valence-electron chi connectivity index (χ4n) is 9.14. The van der Waals surface area contributed by atoms with Crippen LogP contribution < -0.4 is 57.7 Å². The third kappa shape index (κ3) is 41.2. The lowest BCUT2D eigenvalue weighted by Crippen LogP contribution is -2.49. The van der Waals surface area contributed by atoms with E-state index in [4.69, 9.17) is 15.0 Å². The van der Waals surface area contributed by atoms with E-state index >= 15 is 0 Å². The zero-order valence-corrected chi connectivity index (χ0v) is 54.2. The summed E-state index contributed by atoms with van der Waals surface area (Å²) >= 11 is 0. The lowest BCUT2D eigenvalue weighted by atomic mass is 9.96. The number of rotatable bonds is 50. The second-order valence-electron chi connectivity index (χ2n) is 23.6. The Morgan fingerprint density at radius 1 is 0.414 bits per heavy atom. The van der Waals surface area contributed by atoms with Crippen molar-refractivity contribution in [3.63, 3.8) is 0 Å². The fraction of sp³-hybridized carbons (Fsp3) is 0.778. The molecule has 1 fully saturated rings. The van der Waals surface area contributed by atoms with Crippen LogP contribution in [0, 0.1) is 5.41 Å². The normalized spacial score (nSPS) is 12.3. The van der Waals surface area contributed by atoms with E-state index in [1.807, 2.05) is 31.7 Å². The third-order valence-electron chi connectivity index (χ3n) is 14.4. The van der Waals surface area contributed by atoms with Crippen molar-refractivity contribution in [3.05, 3.63) is 12.2 Å². The van der Waals surface area contributed by atoms with Crippen LogP contribution in [0.3, 0.4) is 0 Å². The SMILES string of the molecule is CCCCCCC(=O)NCCCNC(=O)CCNc1nc(N(CCC(=O)NCCCNC(=O)CCCCC)CCC(=O)NCCCNC(=O)CCCCCC)nc(N2CCN(C(=O)CCCC(=O)NCCCCCCNC(=O)/C=C/C(C)(C)C)CC2)n1. The fourth-order valence-corrected chi connectivity index (χ4v) is 9.14. The van der Waals surface area contributed by atoms with Gasteiger partial charge in [-0.1, -0.05) is 112 Å². The number of unbranched alkanes of at least 4 members (excludes halogenated alkanes) is 11. The van der Waals surface area contributed by atoms with Crippen molar-refractivity contribution < 1.29 is 43.2 Å². The summed E-state index contributed by atoms with van der Waals surface area (Å²) in [7, 11) is 0. The van der Waals surface area contributed by atoms with Crippen LogP contribution in [-0.4, -0.2) is 171 Å². The van der Waals surface area contributed by atoms with Crippen LogP contribution in [-0.2, 0) is 43.2 Å². The van der Waals surface area contributed by atoms with E-state index in [2.05, 4.69) is 68.6 Å². The van der Waals surface area contributed by atoms with Crippen molar-refractivity contribution >= 4 is 71.0 Å². The standard InChI is InChI=1S/C63H113N15O9/c1-7-10-13-18-27-52(80)67-38-23-41-69-56(84)32-44-72-60-73-61(75-62(74-60)78-49-47-76(48-50-78)59(87)30-22-29-54(82)64-36-20-15-16-21-37-65-55(83)31-35-63(4,5)6)77(45-33-57(85)70-42-24-39-66-51(79)26-17-12-9-3)46-34-58(86)71-43-25-40-68-53(81)28-19-14-11-8-2/h31,35H,7-30,32-34,36-50H2,1-6H3,(H,64,82)(H,65,83)(H,66,79)(H,67,80)(H,68,81)(H,69,84)(H,70,85)(H,71,86)(H,72,73,74,75)/b35-31+. The summed E-state index contributed by atoms with van der Waals surface area (Å²) in [5.74, 6) is -0.211. The quantitative estimate of drug-likeness (QED) is 0.0273. The molecule has 0 saturated carbocycles. The summed E-state index contributed by atoms with van der Waals surface area (Å²) < 4.78 is 0. The van der Waals surface area contributed by atoms with Crippen LogP contribution in [0.1, 0.15) is 215 Å². The van der Waals surface area contributed by atoms with Crippen molar-refractivity contribution in [1.29, 1.82) is 0 Å². The topological polar surface area (TPSA) is 310 Å². The monoisotopic (exact) mass is 1220 g/mol. The van der Waals surface area contributed by atoms with E-state index < -0.39 is 0 Å². The Kier molecular flexibility index (Phi) is 42.5. The molecule has 9 N–H and O–H groups in total. The number of hydrogen-bond donors (Lipinski definition) is 9. The largest absolute Gasteiger partial charge is 0.356 e. The predicted octanol–water partition coefficient (Wildman–Crippen LogP) is 5.86. The van der Waals surface area contributed by atoms with E-state index in [0.29, 0.717) is 129 Å². The van der Waals surface area contributed by atoms with Crippen molar-refractivity contribution in [3.8, 4) is 0 Å². The first-order chi connectivity index (χ1) is 41.9. The van der Waals surface area contributed by atoms with Gasteiger partial charge in [0, 0.05) is 150 Å². The maximum absolute atomic E-state index is 13.4. The summed E-state index contributed by atoms with van der Waals surface area (Å²) in [6, 6.07) is 0. The maximum atomic E-state index is 13.4. The molecule has 2 heterocycles. The predicted molar refractivity (Wildman–Crippen MR) is 344 cm³/mol. The zero-order chi connectivity index (χ0) is 63.8. The number of nitrogens with zero attached hydrogens (tertiary/aromatic N) is 6. The van der Waals surface area contributed by atoms with Gasteiger partial charge in [-0.15, -0.1) is 0 Å². The van der Waals surface area contributed by atoms with Gasteiger partial charge in [-0.3, -0.25) is 43.2 Å². The molecule has 1 aromatic heterocycles. The third-order valence-corrected chi connectivity index (χ3v) is 14.4. The second kappa shape index (κ2) is 48.4. The average Bonchev–Trinajstić information content (AvgIpc) is 2.07. The maximum Gasteiger partial charge on any atom is 0.243 e. The number of allylic oxidation sites excluding steroid dienone is 1. The number of hydrogen-bond acceptors (Lipinski definition) is 15. The molecule has 0 bridgehead atoms. The molecule has 1 aliphatic heterocycles. The lowest BCUT2D eigenvalue weighted by molar-refractivity contribution is -0.132. The Morgan fingerprint density at radius 2 is 0.805 bits per heavy atom. The van der Waals surface area contributed by atoms with Crippen LogP contribution in [0.25, 0.3) is 0 Å². The van der Waals surface area contributed by atoms with E-state index in [1.54, 1.807) is 15.9 Å². The van der Waals surface area contributed by atoms with Gasteiger partial charge in [0.25, 0.3) is 0 Å². The smallest absolute Gasteiger partial charge is 0.243 e. The minimum absolute atomic E-state index is 0.00144. The van der Waals surface area contributed by atoms with Gasteiger partial charge in [0.2, 0.25) is 71.0 Å². The first-order valence-electron chi connectivity index (χ1n) is 33.0. The van der Waals surface area contributed by atoms with Crippen LogP contribution in [0.15, 0.2) is 12.2 Å². The van der Waals surface area contributed by atoms with Gasteiger partial charge in [-0.05, 0) is 69.3 Å². The first kappa shape index (κ1) is 76.5. The molecule has 9 amide bonds. The highest BCUT2D eigenvalue weighted by Gasteiger charge is 2.25. The molecule has 2 rings (SSSR count). The van der Waals surface area contributed by atoms with Gasteiger partial charge in [-0.25, -0.2) is 0 Å². The Bertz CT molecular complexity index is 2190. The molecule has 0 aromatic carbocycles. The zero-order valence-electron chi connectivity index (χ0n) is 54.2. The Balaban J connectivity index is 2.13. The number of piperazine rings is 1. The van der Waals surface area contributed by atoms with Gasteiger partial charge >= 0.3 is 0 Å². The Morgan fingerprint density at radius 3 is 1.26 bits per heavy atom. The van der Waals surface area contributed by atoms with E-state index in [1.165, 1.54) is 0 Å². The molecule has 24 nitrogen and oxygen atoms in total. The van der Waals surface area contributed by atoms with Crippen LogP contribution in [0.2, 0.25) is 0 Å². The van der Waals surface area contributed by atoms with Crippen molar-refractivity contribution in [1.82, 2.24) is 62.4 Å². The molecule has 1 aliphatic rings. The minimum Gasteiger partial charge on any atom is -0.356 e. The van der Waals surface area contributed by atoms with E-state index in [9.17, 15) is 43.2 Å². The molecule has 0 aliphatic carbocycles. The van der Waals surface area contributed by atoms with Gasteiger partial charge in [-0.2, -0.15) is 15.0 Å². The molecular formula is C63H113N15O9. The van der Waals surface area contributed by atoms with Gasteiger partial charge in [0.15, 0.2) is 0 Å². The minimum atomic E-state index is -0.234. The average molecular weight is 1220 g/mol. The van der Waals surface area contributed by atoms with Crippen molar-refractivity contribution in [2.45, 2.75) is 215 Å². The molecule has 0 atom stereocenters. The molecule has 0 unspecified atom stereocenters. The molecule has 0 spiro atoms. The lowest BCUT2D eigenvalue weighted by Gasteiger charge is -2.35. The number of carbonyl (C=O) groups is 9. The van der Waals surface area contributed by atoms with Gasteiger partial charge < -0.3 is 62.6 Å². The number of amides is 9. The highest BCUT2D eigenvalue weighted by atomic mass is 16.2. The molecule has 1 aromatic rings. The highest BCUT2D eigenvalue weighted by Crippen LogP contribution is 2.20. The Hall–Kier alpha value is -6.62. The highest BCUT2D eigenvalue weighted by molar-refractivity contribution is 5.87. The molecule has 87 heavy (non-hydrogen) atoms. The molecule has 0 radical (unpaired) electrons. The summed E-state index contributed by atoms with van der Waals surface area (Å²) in [5.41, 5.74) is -0.0513. The summed E-state index contributed by atoms with van der Waals surface area (Å²) in [6.45, 7) is 18.1. The first-order valence-corrected chi connectivity index (χ1v) is 33.0. The number of carbonyl (C=O) groups excluding carboxylic acids is 9. The molecule has 494 valence electrons. The molecule has 1 saturated heterocycles. The van der Waals surface area contributed by atoms with Crippen LogP contribution >= 0.6 is 0 Å². The molecule has 24 heteroatoms. The van der Waals surface area contributed by atoms with Crippen molar-refractivity contribution in [2.75, 3.05) is 113 Å². The number of nitrogens with one attached hydrogen (secondary N) is 9. The van der Waals surface area contributed by atoms with E-state index in [0.717, 1.165) is 96.3 Å². The molecular weight excluding hydrogens is 1110 g/mol. The van der Waals surface area contributed by atoms with Gasteiger partial charge in [0.1, 0.15) is 0 Å². The summed E-state index contributed by atoms with van der Waals surface area (Å²) in [6.07, 6.45) is 22.2. The number of aromatic nitrogens is 3. The van der Waals surface area contributed by atoms with Crippen LogP contribution in [0.4, 0.5) is 17.8 Å². The summed E-state index contributed by atoms with van der Waals surface area (Å²) in [4.78, 5) is 134.